The maximum absolute atomic E-state index is 10.5. The normalized spacial score (nSPS) is 17.3. The summed E-state index contributed by atoms with van der Waals surface area (Å²) in [5, 5.41) is 9.18. The quantitative estimate of drug-likeness (QED) is 0.610. The largest absolute Gasteiger partial charge is 0.391 e. The predicted molar refractivity (Wildman–Crippen MR) is 42.9 cm³/mol. The maximum Gasteiger partial charge on any atom is 0.0884 e. The first-order valence-electron chi connectivity index (χ1n) is 3.29. The molecular formula is C6H15NO2S. The van der Waals surface area contributed by atoms with Gasteiger partial charge in [-0.2, -0.15) is 0 Å². The first kappa shape index (κ1) is 10.1. The summed E-state index contributed by atoms with van der Waals surface area (Å²) >= 11 is 0. The van der Waals surface area contributed by atoms with Crippen molar-refractivity contribution >= 4 is 11.0 Å². The summed E-state index contributed by atoms with van der Waals surface area (Å²) in [4.78, 5) is 0. The van der Waals surface area contributed by atoms with E-state index in [1.54, 1.807) is 6.26 Å². The lowest BCUT2D eigenvalue weighted by atomic mass is 10.1. The fourth-order valence-electron chi connectivity index (χ4n) is 0.438. The van der Waals surface area contributed by atoms with Crippen LogP contribution in [0.15, 0.2) is 0 Å². The van der Waals surface area contributed by atoms with E-state index in [1.807, 2.05) is 13.8 Å². The summed E-state index contributed by atoms with van der Waals surface area (Å²) in [7, 11) is -1.01. The minimum absolute atomic E-state index is 0.219. The fourth-order valence-corrected chi connectivity index (χ4v) is 0.844. The van der Waals surface area contributed by atoms with Crippen LogP contribution in [0.3, 0.4) is 0 Å². The van der Waals surface area contributed by atoms with E-state index in [1.165, 1.54) is 0 Å². The summed E-state index contributed by atoms with van der Waals surface area (Å²) in [6.07, 6.45) is 1.15. The average Bonchev–Trinajstić information content (AvgIpc) is 1.82. The molecule has 4 heteroatoms. The number of nitrogens with one attached hydrogen (secondary N) is 1. The smallest absolute Gasteiger partial charge is 0.0884 e. The number of aliphatic hydroxyl groups is 1. The van der Waals surface area contributed by atoms with Gasteiger partial charge in [0.2, 0.25) is 0 Å². The maximum atomic E-state index is 10.5. The molecule has 0 bridgehead atoms. The third-order valence-electron chi connectivity index (χ3n) is 1.27. The van der Waals surface area contributed by atoms with Gasteiger partial charge in [-0.3, -0.25) is 0 Å². The van der Waals surface area contributed by atoms with Crippen LogP contribution >= 0.6 is 0 Å². The monoisotopic (exact) mass is 165 g/mol. The molecule has 0 amide bonds. The molecule has 0 fully saturated rings. The Hall–Kier alpha value is 0.0700. The Labute approximate surface area is 64.4 Å². The molecule has 0 aliphatic rings. The minimum Gasteiger partial charge on any atom is -0.391 e. The van der Waals surface area contributed by atoms with Gasteiger partial charge in [0, 0.05) is 12.8 Å². The number of hydrogen-bond donors (Lipinski definition) is 2. The fraction of sp³-hybridized carbons (Fsp3) is 1.00. The van der Waals surface area contributed by atoms with Crippen molar-refractivity contribution in [2.45, 2.75) is 20.0 Å². The van der Waals surface area contributed by atoms with Gasteiger partial charge in [-0.15, -0.1) is 0 Å². The van der Waals surface area contributed by atoms with Gasteiger partial charge in [-0.25, -0.2) is 8.93 Å². The van der Waals surface area contributed by atoms with Crippen LogP contribution in [-0.2, 0) is 11.0 Å². The average molecular weight is 165 g/mol. The first-order chi connectivity index (χ1) is 4.54. The molecule has 3 nitrogen and oxygen atoms in total. The van der Waals surface area contributed by atoms with Crippen LogP contribution < -0.4 is 4.72 Å². The van der Waals surface area contributed by atoms with Gasteiger partial charge < -0.3 is 5.11 Å². The molecule has 2 N–H and O–H groups in total. The third-order valence-corrected chi connectivity index (χ3v) is 1.84. The summed E-state index contributed by atoms with van der Waals surface area (Å²) in [5.74, 6) is 0.219. The summed E-state index contributed by atoms with van der Waals surface area (Å²) in [6.45, 7) is 4.25. The van der Waals surface area contributed by atoms with Gasteiger partial charge in [-0.05, 0) is 5.92 Å². The second-order valence-corrected chi connectivity index (χ2v) is 3.81. The molecule has 0 aromatic heterocycles. The minimum atomic E-state index is -1.01. The SMILES string of the molecule is CC(C)C(O)CNS(C)=O. The molecule has 0 spiro atoms. The van der Waals surface area contributed by atoms with Gasteiger partial charge in [0.05, 0.1) is 17.1 Å². The Morgan fingerprint density at radius 3 is 2.40 bits per heavy atom. The lowest BCUT2D eigenvalue weighted by molar-refractivity contribution is 0.130. The Bertz CT molecular complexity index is 116. The Kier molecular flexibility index (Phi) is 4.85. The second-order valence-electron chi connectivity index (χ2n) is 2.61. The van der Waals surface area contributed by atoms with Crippen LogP contribution in [0.1, 0.15) is 13.8 Å². The van der Waals surface area contributed by atoms with Gasteiger partial charge in [0.1, 0.15) is 0 Å². The molecule has 0 aliphatic heterocycles. The van der Waals surface area contributed by atoms with Crippen molar-refractivity contribution in [2.24, 2.45) is 5.92 Å². The highest BCUT2D eigenvalue weighted by molar-refractivity contribution is 7.82. The van der Waals surface area contributed by atoms with E-state index >= 15 is 0 Å². The number of aliphatic hydroxyl groups excluding tert-OH is 1. The molecule has 0 aromatic rings. The molecule has 0 aromatic carbocycles. The van der Waals surface area contributed by atoms with Crippen molar-refractivity contribution in [3.05, 3.63) is 0 Å². The van der Waals surface area contributed by atoms with E-state index in [0.717, 1.165) is 0 Å². The Morgan fingerprint density at radius 2 is 2.10 bits per heavy atom. The van der Waals surface area contributed by atoms with Crippen LogP contribution in [-0.4, -0.2) is 28.2 Å². The predicted octanol–water partition coefficient (Wildman–Crippen LogP) is -0.114. The molecule has 10 heavy (non-hydrogen) atoms. The molecule has 2 unspecified atom stereocenters. The van der Waals surface area contributed by atoms with Crippen molar-refractivity contribution in [2.75, 3.05) is 12.8 Å². The van der Waals surface area contributed by atoms with E-state index in [9.17, 15) is 9.32 Å². The topological polar surface area (TPSA) is 49.3 Å². The molecule has 62 valence electrons. The van der Waals surface area contributed by atoms with Crippen molar-refractivity contribution in [1.29, 1.82) is 0 Å². The molecule has 0 rings (SSSR count). The van der Waals surface area contributed by atoms with Gasteiger partial charge in [0.15, 0.2) is 0 Å². The molecule has 0 aliphatic carbocycles. The summed E-state index contributed by atoms with van der Waals surface area (Å²) < 4.78 is 13.1. The van der Waals surface area contributed by atoms with E-state index in [-0.39, 0.29) is 5.92 Å². The third kappa shape index (κ3) is 4.90. The van der Waals surface area contributed by atoms with Crippen LogP contribution in [0.5, 0.6) is 0 Å². The highest BCUT2D eigenvalue weighted by atomic mass is 32.2. The molecule has 0 saturated carbocycles. The molecule has 0 heterocycles. The lowest BCUT2D eigenvalue weighted by Crippen LogP contribution is -2.31. The van der Waals surface area contributed by atoms with Crippen molar-refractivity contribution in [1.82, 2.24) is 4.72 Å². The molecule has 2 atom stereocenters. The number of hydrogen-bond acceptors (Lipinski definition) is 2. The number of rotatable bonds is 4. The molecule has 0 radical (unpaired) electrons. The van der Waals surface area contributed by atoms with Crippen LogP contribution in [0, 0.1) is 5.92 Å². The van der Waals surface area contributed by atoms with Crippen molar-refractivity contribution in [3.63, 3.8) is 0 Å². The lowest BCUT2D eigenvalue weighted by Gasteiger charge is -2.13. The Balaban J connectivity index is 3.39. The van der Waals surface area contributed by atoms with Crippen LogP contribution in [0.4, 0.5) is 0 Å². The highest BCUT2D eigenvalue weighted by Crippen LogP contribution is 1.98. The highest BCUT2D eigenvalue weighted by Gasteiger charge is 2.07. The summed E-state index contributed by atoms with van der Waals surface area (Å²) in [6, 6.07) is 0. The zero-order valence-corrected chi connectivity index (χ0v) is 7.44. The van der Waals surface area contributed by atoms with E-state index < -0.39 is 17.1 Å². The van der Waals surface area contributed by atoms with Gasteiger partial charge in [-0.1, -0.05) is 13.8 Å². The van der Waals surface area contributed by atoms with Crippen LogP contribution in [0.2, 0.25) is 0 Å². The van der Waals surface area contributed by atoms with E-state index in [0.29, 0.717) is 6.54 Å². The first-order valence-corrected chi connectivity index (χ1v) is 4.85. The van der Waals surface area contributed by atoms with E-state index in [2.05, 4.69) is 4.72 Å². The van der Waals surface area contributed by atoms with Gasteiger partial charge in [0.25, 0.3) is 0 Å². The van der Waals surface area contributed by atoms with Crippen molar-refractivity contribution < 1.29 is 9.32 Å². The van der Waals surface area contributed by atoms with E-state index in [4.69, 9.17) is 0 Å². The Morgan fingerprint density at radius 1 is 1.60 bits per heavy atom. The molecular weight excluding hydrogens is 150 g/mol. The molecule has 0 saturated heterocycles. The zero-order valence-electron chi connectivity index (χ0n) is 6.63. The standard InChI is InChI=1S/C6H15NO2S/c1-5(2)6(8)4-7-10(3)9/h5-8H,4H2,1-3H3. The van der Waals surface area contributed by atoms with Gasteiger partial charge >= 0.3 is 0 Å². The van der Waals surface area contributed by atoms with Crippen molar-refractivity contribution in [3.8, 4) is 0 Å². The summed E-state index contributed by atoms with van der Waals surface area (Å²) in [5.41, 5.74) is 0. The second kappa shape index (κ2) is 4.82. The zero-order chi connectivity index (χ0) is 8.15. The van der Waals surface area contributed by atoms with Crippen LogP contribution in [0.25, 0.3) is 0 Å².